The number of hydrogen-bond acceptors (Lipinski definition) is 6. The van der Waals surface area contributed by atoms with E-state index in [2.05, 4.69) is 31.3 Å². The lowest BCUT2D eigenvalue weighted by Gasteiger charge is -2.10. The first kappa shape index (κ1) is 16.4. The molecule has 0 amide bonds. The van der Waals surface area contributed by atoms with Gasteiger partial charge in [-0.25, -0.2) is 9.97 Å². The fourth-order valence-electron chi connectivity index (χ4n) is 3.14. The Hall–Kier alpha value is -3.02. The van der Waals surface area contributed by atoms with E-state index < -0.39 is 0 Å². The van der Waals surface area contributed by atoms with Crippen LogP contribution < -0.4 is 10.1 Å². The molecular weight excluding hydrogens is 326 g/mol. The molecule has 0 fully saturated rings. The lowest BCUT2D eigenvalue weighted by Crippen LogP contribution is -2.08. The van der Waals surface area contributed by atoms with Gasteiger partial charge in [0.2, 0.25) is 0 Å². The molecule has 26 heavy (non-hydrogen) atoms. The number of aromatic nitrogens is 4. The molecule has 1 aliphatic rings. The fourth-order valence-corrected chi connectivity index (χ4v) is 3.14. The summed E-state index contributed by atoms with van der Waals surface area (Å²) in [5, 5.41) is 3.38. The first-order valence-electron chi connectivity index (χ1n) is 8.80. The predicted molar refractivity (Wildman–Crippen MR) is 100 cm³/mol. The first-order valence-corrected chi connectivity index (χ1v) is 8.80. The van der Waals surface area contributed by atoms with Crippen molar-refractivity contribution in [3.05, 3.63) is 59.4 Å². The van der Waals surface area contributed by atoms with Crippen LogP contribution in [0.5, 0.6) is 5.75 Å². The Morgan fingerprint density at radius 2 is 2.00 bits per heavy atom. The quantitative estimate of drug-likeness (QED) is 0.764. The van der Waals surface area contributed by atoms with Crippen molar-refractivity contribution in [2.45, 2.75) is 26.7 Å². The summed E-state index contributed by atoms with van der Waals surface area (Å²) in [5.41, 5.74) is 6.16. The van der Waals surface area contributed by atoms with E-state index in [4.69, 9.17) is 4.74 Å². The summed E-state index contributed by atoms with van der Waals surface area (Å²) in [6.07, 6.45) is 5.17. The van der Waals surface area contributed by atoms with E-state index in [1.165, 1.54) is 5.56 Å². The molecule has 0 atom stereocenters. The van der Waals surface area contributed by atoms with Crippen LogP contribution in [0.3, 0.4) is 0 Å². The number of anilines is 1. The third-order valence-corrected chi connectivity index (χ3v) is 4.41. The van der Waals surface area contributed by atoms with Crippen molar-refractivity contribution in [3.63, 3.8) is 0 Å². The van der Waals surface area contributed by atoms with Gasteiger partial charge in [-0.3, -0.25) is 9.97 Å². The molecule has 0 aliphatic carbocycles. The van der Waals surface area contributed by atoms with Crippen LogP contribution in [-0.2, 0) is 12.8 Å². The summed E-state index contributed by atoms with van der Waals surface area (Å²) in [5.74, 6) is 1.77. The third kappa shape index (κ3) is 3.49. The predicted octanol–water partition coefficient (Wildman–Crippen LogP) is 3.14. The standard InChI is InChI=1S/C20H21N5O/c1-13-3-4-16(11-22-13)18-10-19(24-12-23-18)21-7-5-15-9-14(2)25-17-6-8-26-20(15)17/h3-4,9-12H,5-8H2,1-2H3,(H,21,23,24). The van der Waals surface area contributed by atoms with Crippen LogP contribution in [-0.4, -0.2) is 33.1 Å². The fraction of sp³-hybridized carbons (Fsp3) is 0.300. The highest BCUT2D eigenvalue weighted by atomic mass is 16.5. The van der Waals surface area contributed by atoms with Crippen LogP contribution in [0.15, 0.2) is 36.8 Å². The lowest BCUT2D eigenvalue weighted by molar-refractivity contribution is 0.353. The maximum absolute atomic E-state index is 5.75. The molecule has 4 heterocycles. The van der Waals surface area contributed by atoms with Gasteiger partial charge in [0.15, 0.2) is 0 Å². The van der Waals surface area contributed by atoms with Gasteiger partial charge in [-0.2, -0.15) is 0 Å². The molecule has 6 nitrogen and oxygen atoms in total. The first-order chi connectivity index (χ1) is 12.7. The number of hydrogen-bond donors (Lipinski definition) is 1. The van der Waals surface area contributed by atoms with Crippen molar-refractivity contribution < 1.29 is 4.74 Å². The Morgan fingerprint density at radius 1 is 1.08 bits per heavy atom. The van der Waals surface area contributed by atoms with Gasteiger partial charge in [0.1, 0.15) is 17.9 Å². The molecule has 6 heteroatoms. The van der Waals surface area contributed by atoms with E-state index in [-0.39, 0.29) is 0 Å². The van der Waals surface area contributed by atoms with Gasteiger partial charge in [-0.1, -0.05) is 0 Å². The number of pyridine rings is 2. The van der Waals surface area contributed by atoms with Gasteiger partial charge in [0.05, 0.1) is 18.0 Å². The summed E-state index contributed by atoms with van der Waals surface area (Å²) in [4.78, 5) is 17.6. The largest absolute Gasteiger partial charge is 0.491 e. The van der Waals surface area contributed by atoms with Gasteiger partial charge < -0.3 is 10.1 Å². The molecule has 4 rings (SSSR count). The van der Waals surface area contributed by atoms with Gasteiger partial charge in [-0.05, 0) is 44.0 Å². The van der Waals surface area contributed by atoms with E-state index in [9.17, 15) is 0 Å². The zero-order valence-corrected chi connectivity index (χ0v) is 15.0. The summed E-state index contributed by atoms with van der Waals surface area (Å²) in [6, 6.07) is 8.06. The van der Waals surface area contributed by atoms with E-state index in [0.717, 1.165) is 65.9 Å². The highest BCUT2D eigenvalue weighted by molar-refractivity contribution is 5.61. The number of aryl methyl sites for hydroxylation is 2. The van der Waals surface area contributed by atoms with Crippen molar-refractivity contribution >= 4 is 5.82 Å². The van der Waals surface area contributed by atoms with Crippen LogP contribution in [0.2, 0.25) is 0 Å². The Morgan fingerprint density at radius 3 is 2.85 bits per heavy atom. The Kier molecular flexibility index (Phi) is 4.48. The van der Waals surface area contributed by atoms with Gasteiger partial charge in [-0.15, -0.1) is 0 Å². The van der Waals surface area contributed by atoms with Crippen molar-refractivity contribution in [1.29, 1.82) is 0 Å². The number of nitrogens with zero attached hydrogens (tertiary/aromatic N) is 4. The van der Waals surface area contributed by atoms with E-state index in [1.807, 2.05) is 38.2 Å². The molecule has 0 spiro atoms. The van der Waals surface area contributed by atoms with Crippen LogP contribution in [0, 0.1) is 13.8 Å². The molecular formula is C20H21N5O. The molecule has 0 saturated carbocycles. The second-order valence-corrected chi connectivity index (χ2v) is 6.45. The summed E-state index contributed by atoms with van der Waals surface area (Å²) in [6.45, 7) is 5.49. The maximum Gasteiger partial charge on any atom is 0.144 e. The summed E-state index contributed by atoms with van der Waals surface area (Å²) >= 11 is 0. The monoisotopic (exact) mass is 347 g/mol. The molecule has 0 radical (unpaired) electrons. The Labute approximate surface area is 152 Å². The second-order valence-electron chi connectivity index (χ2n) is 6.45. The van der Waals surface area contributed by atoms with Crippen LogP contribution in [0.1, 0.15) is 22.6 Å². The molecule has 3 aromatic rings. The average molecular weight is 347 g/mol. The molecule has 0 aromatic carbocycles. The minimum atomic E-state index is 0.728. The van der Waals surface area contributed by atoms with Crippen molar-refractivity contribution in [1.82, 2.24) is 19.9 Å². The Balaban J connectivity index is 1.44. The van der Waals surface area contributed by atoms with Gasteiger partial charge >= 0.3 is 0 Å². The number of fused-ring (bicyclic) bond motifs is 1. The molecule has 1 N–H and O–H groups in total. The lowest BCUT2D eigenvalue weighted by atomic mass is 10.1. The van der Waals surface area contributed by atoms with Crippen molar-refractivity contribution in [3.8, 4) is 17.0 Å². The third-order valence-electron chi connectivity index (χ3n) is 4.41. The van der Waals surface area contributed by atoms with Gasteiger partial charge in [0, 0.05) is 42.2 Å². The zero-order valence-electron chi connectivity index (χ0n) is 15.0. The topological polar surface area (TPSA) is 72.8 Å². The SMILES string of the molecule is Cc1ccc(-c2cc(NCCc3cc(C)nc4c3OCC4)ncn2)cn1. The maximum atomic E-state index is 5.75. The summed E-state index contributed by atoms with van der Waals surface area (Å²) < 4.78 is 5.75. The van der Waals surface area contributed by atoms with Gasteiger partial charge in [0.25, 0.3) is 0 Å². The number of ether oxygens (including phenoxy) is 1. The number of rotatable bonds is 5. The average Bonchev–Trinajstić information content (AvgIpc) is 3.11. The molecule has 3 aromatic heterocycles. The van der Waals surface area contributed by atoms with Crippen LogP contribution >= 0.6 is 0 Å². The smallest absolute Gasteiger partial charge is 0.144 e. The molecule has 132 valence electrons. The molecule has 0 saturated heterocycles. The van der Waals surface area contributed by atoms with Crippen molar-refractivity contribution in [2.75, 3.05) is 18.5 Å². The molecule has 1 aliphatic heterocycles. The molecule has 0 unspecified atom stereocenters. The highest BCUT2D eigenvalue weighted by Gasteiger charge is 2.18. The van der Waals surface area contributed by atoms with Crippen molar-refractivity contribution in [2.24, 2.45) is 0 Å². The Bertz CT molecular complexity index is 924. The normalized spacial score (nSPS) is 12.5. The van der Waals surface area contributed by atoms with Crippen LogP contribution in [0.25, 0.3) is 11.3 Å². The second kappa shape index (κ2) is 7.07. The minimum absolute atomic E-state index is 0.728. The van der Waals surface area contributed by atoms with E-state index in [0.29, 0.717) is 0 Å². The minimum Gasteiger partial charge on any atom is -0.491 e. The van der Waals surface area contributed by atoms with E-state index in [1.54, 1.807) is 6.33 Å². The molecule has 0 bridgehead atoms. The van der Waals surface area contributed by atoms with Crippen LogP contribution in [0.4, 0.5) is 5.82 Å². The zero-order chi connectivity index (χ0) is 17.9. The number of nitrogens with one attached hydrogen (secondary N) is 1. The highest BCUT2D eigenvalue weighted by Crippen LogP contribution is 2.29. The summed E-state index contributed by atoms with van der Waals surface area (Å²) in [7, 11) is 0. The van der Waals surface area contributed by atoms with E-state index >= 15 is 0 Å².